The molecule has 0 radical (unpaired) electrons. The lowest BCUT2D eigenvalue weighted by Gasteiger charge is -2.31. The summed E-state index contributed by atoms with van der Waals surface area (Å²) in [6.07, 6.45) is 2.73. The minimum Gasteiger partial charge on any atom is -0.313 e. The second-order valence-electron chi connectivity index (χ2n) is 5.69. The van der Waals surface area contributed by atoms with Crippen molar-refractivity contribution in [1.29, 1.82) is 0 Å². The quantitative estimate of drug-likeness (QED) is 0.886. The van der Waals surface area contributed by atoms with Gasteiger partial charge in [0.1, 0.15) is 0 Å². The van der Waals surface area contributed by atoms with Gasteiger partial charge in [0, 0.05) is 24.1 Å². The monoisotopic (exact) mass is 324 g/mol. The fourth-order valence-electron chi connectivity index (χ4n) is 2.77. The Hall–Kier alpha value is -0.380. The Labute approximate surface area is 125 Å². The topological polar surface area (TPSA) is 15.3 Å². The average molecular weight is 325 g/mol. The van der Waals surface area contributed by atoms with Gasteiger partial charge in [-0.1, -0.05) is 41.9 Å². The first kappa shape index (κ1) is 15.0. The summed E-state index contributed by atoms with van der Waals surface area (Å²) >= 11 is 3.73. The number of rotatable bonds is 5. The Morgan fingerprint density at radius 1 is 1.42 bits per heavy atom. The van der Waals surface area contributed by atoms with Gasteiger partial charge in [-0.3, -0.25) is 4.90 Å². The van der Waals surface area contributed by atoms with Crippen molar-refractivity contribution < 1.29 is 0 Å². The molecule has 1 aliphatic rings. The number of benzene rings is 1. The third-order valence-corrected chi connectivity index (χ3v) is 4.57. The summed E-state index contributed by atoms with van der Waals surface area (Å²) in [4.78, 5) is 2.58. The zero-order valence-corrected chi connectivity index (χ0v) is 13.7. The van der Waals surface area contributed by atoms with Crippen LogP contribution in [0.4, 0.5) is 0 Å². The Morgan fingerprint density at radius 3 is 2.95 bits per heavy atom. The van der Waals surface area contributed by atoms with Crippen LogP contribution in [0.3, 0.4) is 0 Å². The zero-order valence-electron chi connectivity index (χ0n) is 12.1. The van der Waals surface area contributed by atoms with E-state index < -0.39 is 0 Å². The van der Waals surface area contributed by atoms with E-state index in [2.05, 4.69) is 58.2 Å². The molecule has 19 heavy (non-hydrogen) atoms. The third-order valence-electron chi connectivity index (χ3n) is 3.83. The van der Waals surface area contributed by atoms with Crippen molar-refractivity contribution >= 4 is 15.9 Å². The molecule has 2 nitrogen and oxygen atoms in total. The van der Waals surface area contributed by atoms with Crippen LogP contribution in [0.15, 0.2) is 22.7 Å². The maximum atomic E-state index is 3.73. The Bertz CT molecular complexity index is 406. The van der Waals surface area contributed by atoms with Crippen molar-refractivity contribution in [2.75, 3.05) is 19.6 Å². The van der Waals surface area contributed by atoms with Crippen molar-refractivity contribution in [2.24, 2.45) is 5.92 Å². The highest BCUT2D eigenvalue weighted by atomic mass is 79.9. The summed E-state index contributed by atoms with van der Waals surface area (Å²) in [6, 6.07) is 6.78. The minimum absolute atomic E-state index is 0.848. The lowest BCUT2D eigenvalue weighted by molar-refractivity contribution is 0.176. The van der Waals surface area contributed by atoms with Gasteiger partial charge in [0.25, 0.3) is 0 Å². The van der Waals surface area contributed by atoms with Gasteiger partial charge >= 0.3 is 0 Å². The van der Waals surface area contributed by atoms with Gasteiger partial charge < -0.3 is 5.32 Å². The molecule has 0 bridgehead atoms. The number of hydrogen-bond acceptors (Lipinski definition) is 2. The summed E-state index contributed by atoms with van der Waals surface area (Å²) in [5.74, 6) is 0.848. The number of likely N-dealkylation sites (tertiary alicyclic amines) is 1. The van der Waals surface area contributed by atoms with Gasteiger partial charge in [0.05, 0.1) is 0 Å². The highest BCUT2D eigenvalue weighted by molar-refractivity contribution is 9.10. The van der Waals surface area contributed by atoms with E-state index in [4.69, 9.17) is 0 Å². The molecule has 2 rings (SSSR count). The Morgan fingerprint density at radius 2 is 2.26 bits per heavy atom. The van der Waals surface area contributed by atoms with Crippen LogP contribution < -0.4 is 5.32 Å². The van der Waals surface area contributed by atoms with Gasteiger partial charge in [-0.15, -0.1) is 0 Å². The van der Waals surface area contributed by atoms with Crippen molar-refractivity contribution in [3.05, 3.63) is 33.8 Å². The molecule has 0 spiro atoms. The molecule has 3 heteroatoms. The van der Waals surface area contributed by atoms with Gasteiger partial charge in [0.15, 0.2) is 0 Å². The average Bonchev–Trinajstić information content (AvgIpc) is 2.39. The number of hydrogen-bond donors (Lipinski definition) is 1. The Balaban J connectivity index is 1.96. The van der Waals surface area contributed by atoms with E-state index >= 15 is 0 Å². The molecule has 1 aliphatic heterocycles. The normalized spacial score (nSPS) is 20.7. The summed E-state index contributed by atoms with van der Waals surface area (Å²) < 4.78 is 1.25. The third kappa shape index (κ3) is 4.59. The molecule has 1 aromatic rings. The number of piperidine rings is 1. The molecule has 1 heterocycles. The van der Waals surface area contributed by atoms with E-state index in [1.54, 1.807) is 0 Å². The van der Waals surface area contributed by atoms with Gasteiger partial charge in [0.2, 0.25) is 0 Å². The number of nitrogens with one attached hydrogen (secondary N) is 1. The standard InChI is InChI=1S/C16H25BrN2/c1-3-18-10-14-6-7-15(16(17)9-14)12-19-8-4-5-13(2)11-19/h6-7,9,13,18H,3-5,8,10-12H2,1-2H3. The lowest BCUT2D eigenvalue weighted by atomic mass is 9.99. The number of halogens is 1. The molecule has 0 saturated carbocycles. The SMILES string of the molecule is CCNCc1ccc(CN2CCCC(C)C2)c(Br)c1. The summed E-state index contributed by atoms with van der Waals surface area (Å²) in [5.41, 5.74) is 2.76. The smallest absolute Gasteiger partial charge is 0.0245 e. The van der Waals surface area contributed by atoms with Crippen LogP contribution in [0.5, 0.6) is 0 Å². The van der Waals surface area contributed by atoms with Crippen LogP contribution in [0.2, 0.25) is 0 Å². The first-order valence-corrected chi connectivity index (χ1v) is 8.18. The van der Waals surface area contributed by atoms with Crippen molar-refractivity contribution in [3.8, 4) is 0 Å². The molecule has 0 amide bonds. The van der Waals surface area contributed by atoms with E-state index in [0.29, 0.717) is 0 Å². The molecule has 1 saturated heterocycles. The van der Waals surface area contributed by atoms with Crippen molar-refractivity contribution in [3.63, 3.8) is 0 Å². The first-order valence-electron chi connectivity index (χ1n) is 7.39. The summed E-state index contributed by atoms with van der Waals surface area (Å²) in [5, 5.41) is 3.37. The van der Waals surface area contributed by atoms with Crippen molar-refractivity contribution in [2.45, 2.75) is 39.8 Å². The molecular formula is C16H25BrN2. The second kappa shape index (κ2) is 7.41. The van der Waals surface area contributed by atoms with Crippen LogP contribution in [0.25, 0.3) is 0 Å². The van der Waals surface area contributed by atoms with E-state index in [9.17, 15) is 0 Å². The molecule has 1 fully saturated rings. The molecule has 1 atom stereocenters. The predicted molar refractivity (Wildman–Crippen MR) is 85.2 cm³/mol. The van der Waals surface area contributed by atoms with E-state index in [-0.39, 0.29) is 0 Å². The largest absolute Gasteiger partial charge is 0.313 e. The molecule has 0 aliphatic carbocycles. The maximum Gasteiger partial charge on any atom is 0.0245 e. The number of nitrogens with zero attached hydrogens (tertiary/aromatic N) is 1. The van der Waals surface area contributed by atoms with Gasteiger partial charge in [-0.25, -0.2) is 0 Å². The van der Waals surface area contributed by atoms with Crippen LogP contribution >= 0.6 is 15.9 Å². The zero-order chi connectivity index (χ0) is 13.7. The van der Waals surface area contributed by atoms with Crippen LogP contribution in [-0.2, 0) is 13.1 Å². The first-order chi connectivity index (χ1) is 9.19. The molecule has 0 aromatic heterocycles. The molecule has 1 aromatic carbocycles. The van der Waals surface area contributed by atoms with Gasteiger partial charge in [-0.05, 0) is 49.0 Å². The Kier molecular flexibility index (Phi) is 5.86. The summed E-state index contributed by atoms with van der Waals surface area (Å²) in [6.45, 7) is 10.0. The maximum absolute atomic E-state index is 3.73. The predicted octanol–water partition coefficient (Wildman–Crippen LogP) is 3.79. The minimum atomic E-state index is 0.848. The van der Waals surface area contributed by atoms with E-state index in [1.165, 1.54) is 41.5 Å². The van der Waals surface area contributed by atoms with Crippen LogP contribution in [0, 0.1) is 5.92 Å². The second-order valence-corrected chi connectivity index (χ2v) is 6.54. The van der Waals surface area contributed by atoms with Crippen molar-refractivity contribution in [1.82, 2.24) is 10.2 Å². The molecule has 1 unspecified atom stereocenters. The van der Waals surface area contributed by atoms with E-state index in [0.717, 1.165) is 25.6 Å². The molecule has 1 N–H and O–H groups in total. The highest BCUT2D eigenvalue weighted by Gasteiger charge is 2.17. The molecule has 106 valence electrons. The molecular weight excluding hydrogens is 300 g/mol. The fourth-order valence-corrected chi connectivity index (χ4v) is 3.32. The van der Waals surface area contributed by atoms with Crippen LogP contribution in [0.1, 0.15) is 37.8 Å². The van der Waals surface area contributed by atoms with Crippen LogP contribution in [-0.4, -0.2) is 24.5 Å². The fraction of sp³-hybridized carbons (Fsp3) is 0.625. The van der Waals surface area contributed by atoms with E-state index in [1.807, 2.05) is 0 Å². The highest BCUT2D eigenvalue weighted by Crippen LogP contribution is 2.23. The van der Waals surface area contributed by atoms with Gasteiger partial charge in [-0.2, -0.15) is 0 Å². The lowest BCUT2D eigenvalue weighted by Crippen LogP contribution is -2.33. The summed E-state index contributed by atoms with van der Waals surface area (Å²) in [7, 11) is 0.